The number of aromatic nitrogens is 3. The maximum atomic E-state index is 5.92. The first kappa shape index (κ1) is 18.5. The average Bonchev–Trinajstić information content (AvgIpc) is 3.12. The van der Waals surface area contributed by atoms with Gasteiger partial charge in [0.1, 0.15) is 12.1 Å². The Kier molecular flexibility index (Phi) is 6.68. The van der Waals surface area contributed by atoms with Crippen LogP contribution in [0.15, 0.2) is 65.1 Å². The summed E-state index contributed by atoms with van der Waals surface area (Å²) in [6.45, 7) is 2.76. The molecule has 1 aromatic heterocycles. The van der Waals surface area contributed by atoms with Crippen molar-refractivity contribution < 1.29 is 4.74 Å². The molecule has 0 aliphatic rings. The Bertz CT molecular complexity index is 864. The molecule has 0 saturated heterocycles. The predicted molar refractivity (Wildman–Crippen MR) is 106 cm³/mol. The fourth-order valence-electron chi connectivity index (χ4n) is 2.18. The third-order valence-corrected chi connectivity index (χ3v) is 4.74. The summed E-state index contributed by atoms with van der Waals surface area (Å²) in [7, 11) is 0. The summed E-state index contributed by atoms with van der Waals surface area (Å²) in [5.74, 6) is 1.59. The molecule has 134 valence electrons. The molecule has 26 heavy (non-hydrogen) atoms. The minimum atomic E-state index is 0.680. The smallest absolute Gasteiger partial charge is 0.212 e. The molecule has 3 rings (SSSR count). The number of hydrogen-bond acceptors (Lipinski definition) is 5. The zero-order valence-corrected chi connectivity index (χ0v) is 16.0. The van der Waals surface area contributed by atoms with Gasteiger partial charge in [-0.3, -0.25) is 0 Å². The van der Waals surface area contributed by atoms with E-state index in [4.69, 9.17) is 16.3 Å². The Morgan fingerprint density at radius 2 is 2.00 bits per heavy atom. The topological polar surface area (TPSA) is 52.3 Å². The SMILES string of the molecule is CCCOc1ccccc1/C=N\n1cnnc1SCc1ccc(Cl)cc1. The van der Waals surface area contributed by atoms with Gasteiger partial charge in [0.05, 0.1) is 12.8 Å². The molecule has 0 unspecified atom stereocenters. The molecule has 0 radical (unpaired) electrons. The molecule has 2 aromatic carbocycles. The number of halogens is 1. The second-order valence-electron chi connectivity index (χ2n) is 5.50. The third-order valence-electron chi connectivity index (χ3n) is 3.48. The Morgan fingerprint density at radius 3 is 2.81 bits per heavy atom. The van der Waals surface area contributed by atoms with Crippen LogP contribution in [-0.4, -0.2) is 27.7 Å². The maximum absolute atomic E-state index is 5.92. The molecule has 0 atom stereocenters. The summed E-state index contributed by atoms with van der Waals surface area (Å²) < 4.78 is 7.42. The van der Waals surface area contributed by atoms with Crippen LogP contribution in [-0.2, 0) is 5.75 Å². The number of rotatable bonds is 8. The summed E-state index contributed by atoms with van der Waals surface area (Å²) in [5.41, 5.74) is 2.08. The van der Waals surface area contributed by atoms with Crippen LogP contribution in [0.4, 0.5) is 0 Å². The van der Waals surface area contributed by atoms with Gasteiger partial charge in [-0.25, -0.2) is 0 Å². The van der Waals surface area contributed by atoms with Crippen molar-refractivity contribution in [1.82, 2.24) is 14.9 Å². The van der Waals surface area contributed by atoms with Crippen molar-refractivity contribution in [2.75, 3.05) is 6.61 Å². The highest BCUT2D eigenvalue weighted by molar-refractivity contribution is 7.98. The Labute approximate surface area is 162 Å². The zero-order chi connectivity index (χ0) is 18.2. The first-order valence-corrected chi connectivity index (χ1v) is 9.66. The minimum Gasteiger partial charge on any atom is -0.493 e. The highest BCUT2D eigenvalue weighted by Gasteiger charge is 2.06. The van der Waals surface area contributed by atoms with Gasteiger partial charge in [-0.15, -0.1) is 10.2 Å². The van der Waals surface area contributed by atoms with Crippen molar-refractivity contribution in [3.8, 4) is 5.75 Å². The number of benzene rings is 2. The lowest BCUT2D eigenvalue weighted by Crippen LogP contribution is -1.99. The molecule has 0 spiro atoms. The van der Waals surface area contributed by atoms with Crippen LogP contribution in [0, 0.1) is 0 Å². The molecule has 0 fully saturated rings. The molecule has 0 aliphatic heterocycles. The van der Waals surface area contributed by atoms with Crippen molar-refractivity contribution in [1.29, 1.82) is 0 Å². The lowest BCUT2D eigenvalue weighted by Gasteiger charge is -2.07. The molecular weight excluding hydrogens is 368 g/mol. The minimum absolute atomic E-state index is 0.680. The number of hydrogen-bond donors (Lipinski definition) is 0. The van der Waals surface area contributed by atoms with E-state index in [1.807, 2.05) is 48.5 Å². The van der Waals surface area contributed by atoms with Crippen LogP contribution >= 0.6 is 23.4 Å². The largest absolute Gasteiger partial charge is 0.493 e. The van der Waals surface area contributed by atoms with E-state index in [-0.39, 0.29) is 0 Å². The fourth-order valence-corrected chi connectivity index (χ4v) is 3.12. The van der Waals surface area contributed by atoms with E-state index in [9.17, 15) is 0 Å². The first-order chi connectivity index (χ1) is 12.8. The van der Waals surface area contributed by atoms with E-state index >= 15 is 0 Å². The predicted octanol–water partition coefficient (Wildman–Crippen LogP) is 4.89. The first-order valence-electron chi connectivity index (χ1n) is 8.29. The standard InChI is InChI=1S/C19H19ClN4OS/c1-2-11-25-18-6-4-3-5-16(18)12-22-24-14-21-23-19(24)26-13-15-7-9-17(20)10-8-15/h3-10,12,14H,2,11,13H2,1H3/b22-12-. The van der Waals surface area contributed by atoms with E-state index in [0.29, 0.717) is 6.61 Å². The molecule has 0 bridgehead atoms. The van der Waals surface area contributed by atoms with Gasteiger partial charge in [-0.05, 0) is 36.2 Å². The van der Waals surface area contributed by atoms with Gasteiger partial charge < -0.3 is 4.74 Å². The maximum Gasteiger partial charge on any atom is 0.212 e. The van der Waals surface area contributed by atoms with E-state index in [0.717, 1.165) is 39.2 Å². The van der Waals surface area contributed by atoms with Gasteiger partial charge in [-0.2, -0.15) is 9.78 Å². The van der Waals surface area contributed by atoms with Crippen molar-refractivity contribution in [3.63, 3.8) is 0 Å². The summed E-state index contributed by atoms with van der Waals surface area (Å²) >= 11 is 7.49. The Balaban J connectivity index is 1.69. The summed E-state index contributed by atoms with van der Waals surface area (Å²) in [6, 6.07) is 15.6. The van der Waals surface area contributed by atoms with Gasteiger partial charge in [0.25, 0.3) is 0 Å². The van der Waals surface area contributed by atoms with E-state index < -0.39 is 0 Å². The second kappa shape index (κ2) is 9.40. The Hall–Kier alpha value is -2.31. The van der Waals surface area contributed by atoms with Crippen molar-refractivity contribution in [2.24, 2.45) is 5.10 Å². The fraction of sp³-hybridized carbons (Fsp3) is 0.211. The van der Waals surface area contributed by atoms with Gasteiger partial charge in [0.2, 0.25) is 5.16 Å². The molecule has 0 aliphatic carbocycles. The van der Waals surface area contributed by atoms with E-state index in [1.165, 1.54) is 0 Å². The molecule has 5 nitrogen and oxygen atoms in total. The molecule has 0 amide bonds. The lowest BCUT2D eigenvalue weighted by atomic mass is 10.2. The monoisotopic (exact) mass is 386 g/mol. The van der Waals surface area contributed by atoms with Gasteiger partial charge >= 0.3 is 0 Å². The highest BCUT2D eigenvalue weighted by Crippen LogP contribution is 2.22. The molecule has 1 heterocycles. The zero-order valence-electron chi connectivity index (χ0n) is 14.4. The van der Waals surface area contributed by atoms with Crippen LogP contribution in [0.25, 0.3) is 0 Å². The van der Waals surface area contributed by atoms with Crippen molar-refractivity contribution in [2.45, 2.75) is 24.3 Å². The average molecular weight is 387 g/mol. The second-order valence-corrected chi connectivity index (χ2v) is 6.88. The lowest BCUT2D eigenvalue weighted by molar-refractivity contribution is 0.317. The highest BCUT2D eigenvalue weighted by atomic mass is 35.5. The molecule has 7 heteroatoms. The number of para-hydroxylation sites is 1. The number of thioether (sulfide) groups is 1. The molecule has 3 aromatic rings. The van der Waals surface area contributed by atoms with Gasteiger partial charge in [0.15, 0.2) is 0 Å². The van der Waals surface area contributed by atoms with Crippen LogP contribution in [0.1, 0.15) is 24.5 Å². The van der Waals surface area contributed by atoms with Crippen LogP contribution in [0.2, 0.25) is 5.02 Å². The third kappa shape index (κ3) is 5.09. The van der Waals surface area contributed by atoms with Crippen LogP contribution in [0.5, 0.6) is 5.75 Å². The van der Waals surface area contributed by atoms with E-state index in [1.54, 1.807) is 29.0 Å². The number of ether oxygens (including phenoxy) is 1. The van der Waals surface area contributed by atoms with Crippen molar-refractivity contribution >= 4 is 29.6 Å². The van der Waals surface area contributed by atoms with Gasteiger partial charge in [-0.1, -0.05) is 54.6 Å². The van der Waals surface area contributed by atoms with Crippen LogP contribution < -0.4 is 4.74 Å². The Morgan fingerprint density at radius 1 is 1.19 bits per heavy atom. The number of nitrogens with zero attached hydrogens (tertiary/aromatic N) is 4. The van der Waals surface area contributed by atoms with Crippen LogP contribution in [0.3, 0.4) is 0 Å². The quantitative estimate of drug-likeness (QED) is 0.408. The molecular formula is C19H19ClN4OS. The van der Waals surface area contributed by atoms with E-state index in [2.05, 4.69) is 22.2 Å². The van der Waals surface area contributed by atoms with Gasteiger partial charge in [0, 0.05) is 16.3 Å². The molecule has 0 saturated carbocycles. The summed E-state index contributed by atoms with van der Waals surface area (Å²) in [4.78, 5) is 0. The van der Waals surface area contributed by atoms with Crippen molar-refractivity contribution in [3.05, 3.63) is 71.0 Å². The summed E-state index contributed by atoms with van der Waals surface area (Å²) in [5, 5.41) is 14.0. The summed E-state index contributed by atoms with van der Waals surface area (Å²) in [6.07, 6.45) is 4.32. The normalized spacial score (nSPS) is 11.2. The molecule has 0 N–H and O–H groups in total.